The molecule has 1 aromatic carbocycles. The molecule has 0 unspecified atom stereocenters. The summed E-state index contributed by atoms with van der Waals surface area (Å²) in [5.41, 5.74) is 1.26. The molecule has 2 aromatic heterocycles. The lowest BCUT2D eigenvalue weighted by Crippen LogP contribution is -2.12. The Morgan fingerprint density at radius 2 is 2.00 bits per heavy atom. The predicted octanol–water partition coefficient (Wildman–Crippen LogP) is 4.27. The molecule has 0 aliphatic rings. The number of hydrogen-bond acceptors (Lipinski definition) is 6. The van der Waals surface area contributed by atoms with Gasteiger partial charge in [-0.1, -0.05) is 25.0 Å². The van der Waals surface area contributed by atoms with E-state index < -0.39 is 0 Å². The first-order chi connectivity index (χ1) is 12.4. The van der Waals surface area contributed by atoms with Gasteiger partial charge in [0, 0.05) is 27.9 Å². The highest BCUT2D eigenvalue weighted by Crippen LogP contribution is 2.25. The summed E-state index contributed by atoms with van der Waals surface area (Å²) in [7, 11) is 0. The summed E-state index contributed by atoms with van der Waals surface area (Å²) in [6.45, 7) is 8.24. The van der Waals surface area contributed by atoms with Crippen LogP contribution < -0.4 is 5.32 Å². The zero-order chi connectivity index (χ0) is 18.7. The molecule has 0 radical (unpaired) electrons. The number of nitrogens with zero attached hydrogens (tertiary/aromatic N) is 4. The highest BCUT2D eigenvalue weighted by Gasteiger charge is 2.17. The summed E-state index contributed by atoms with van der Waals surface area (Å²) in [5.74, 6) is 0.0272. The van der Waals surface area contributed by atoms with Crippen LogP contribution >= 0.6 is 11.8 Å². The minimum absolute atomic E-state index is 0.0587. The molecule has 8 heteroatoms. The molecule has 0 atom stereocenters. The molecule has 0 aliphatic carbocycles. The van der Waals surface area contributed by atoms with Crippen molar-refractivity contribution in [3.63, 3.8) is 0 Å². The van der Waals surface area contributed by atoms with Crippen molar-refractivity contribution in [1.82, 2.24) is 20.0 Å². The van der Waals surface area contributed by atoms with Crippen molar-refractivity contribution in [2.45, 2.75) is 43.9 Å². The van der Waals surface area contributed by atoms with Crippen molar-refractivity contribution in [2.24, 2.45) is 0 Å². The van der Waals surface area contributed by atoms with Crippen molar-refractivity contribution in [3.05, 3.63) is 42.1 Å². The number of hydrogen-bond donors (Lipinski definition) is 1. The van der Waals surface area contributed by atoms with Gasteiger partial charge in [0.25, 0.3) is 11.8 Å². The van der Waals surface area contributed by atoms with Crippen LogP contribution in [0.5, 0.6) is 0 Å². The van der Waals surface area contributed by atoms with E-state index in [2.05, 4.69) is 34.5 Å². The Labute approximate surface area is 156 Å². The molecule has 0 bridgehead atoms. The molecule has 1 amide bonds. The molecule has 0 saturated heterocycles. The van der Waals surface area contributed by atoms with E-state index in [-0.39, 0.29) is 18.0 Å². The molecule has 0 fully saturated rings. The lowest BCUT2D eigenvalue weighted by atomic mass is 10.2. The molecule has 1 N–H and O–H groups in total. The summed E-state index contributed by atoms with van der Waals surface area (Å²) >= 11 is 1.70. The van der Waals surface area contributed by atoms with Crippen molar-refractivity contribution in [2.75, 3.05) is 5.32 Å². The fourth-order valence-corrected chi connectivity index (χ4v) is 3.32. The van der Waals surface area contributed by atoms with E-state index in [1.54, 1.807) is 34.8 Å². The molecule has 7 nitrogen and oxygen atoms in total. The molecular formula is C18H21N5O2S. The highest BCUT2D eigenvalue weighted by atomic mass is 32.2. The molecule has 136 valence electrons. The largest absolute Gasteiger partial charge is 0.401 e. The number of amides is 1. The molecule has 3 rings (SSSR count). The number of carbonyl (C=O) groups is 1. The van der Waals surface area contributed by atoms with Gasteiger partial charge in [-0.3, -0.25) is 14.8 Å². The zero-order valence-corrected chi connectivity index (χ0v) is 15.9. The van der Waals surface area contributed by atoms with Gasteiger partial charge in [0.2, 0.25) is 0 Å². The Hall–Kier alpha value is -2.61. The van der Waals surface area contributed by atoms with Gasteiger partial charge in [-0.15, -0.1) is 16.9 Å². The third kappa shape index (κ3) is 4.13. The third-order valence-electron chi connectivity index (χ3n) is 3.49. The van der Waals surface area contributed by atoms with Gasteiger partial charge >= 0.3 is 6.01 Å². The van der Waals surface area contributed by atoms with Crippen molar-refractivity contribution < 1.29 is 9.21 Å². The molecule has 0 saturated carbocycles. The van der Waals surface area contributed by atoms with Crippen LogP contribution in [0.25, 0.3) is 11.6 Å². The van der Waals surface area contributed by atoms with E-state index in [4.69, 9.17) is 4.42 Å². The van der Waals surface area contributed by atoms with Crippen LogP contribution in [0.2, 0.25) is 0 Å². The van der Waals surface area contributed by atoms with E-state index in [1.165, 1.54) is 0 Å². The van der Waals surface area contributed by atoms with Crippen molar-refractivity contribution >= 4 is 23.7 Å². The average molecular weight is 371 g/mol. The van der Waals surface area contributed by atoms with Crippen LogP contribution in [0.4, 0.5) is 6.01 Å². The number of benzene rings is 1. The smallest absolute Gasteiger partial charge is 0.322 e. The predicted molar refractivity (Wildman–Crippen MR) is 101 cm³/mol. The van der Waals surface area contributed by atoms with E-state index in [0.717, 1.165) is 4.90 Å². The summed E-state index contributed by atoms with van der Waals surface area (Å²) in [5, 5.41) is 15.3. The number of carbonyl (C=O) groups excluding carboxylic acids is 1. The minimum atomic E-state index is -0.288. The van der Waals surface area contributed by atoms with Gasteiger partial charge in [0.1, 0.15) is 5.69 Å². The topological polar surface area (TPSA) is 85.8 Å². The minimum Gasteiger partial charge on any atom is -0.401 e. The number of anilines is 1. The number of thioether (sulfide) groups is 1. The lowest BCUT2D eigenvalue weighted by Gasteiger charge is -2.07. The van der Waals surface area contributed by atoms with E-state index in [0.29, 0.717) is 22.4 Å². The third-order valence-corrected chi connectivity index (χ3v) is 4.49. The lowest BCUT2D eigenvalue weighted by molar-refractivity contribution is 0.102. The monoisotopic (exact) mass is 371 g/mol. The van der Waals surface area contributed by atoms with Crippen LogP contribution in [0.1, 0.15) is 44.1 Å². The van der Waals surface area contributed by atoms with Gasteiger partial charge in [-0.25, -0.2) is 0 Å². The van der Waals surface area contributed by atoms with Gasteiger partial charge in [-0.05, 0) is 38.1 Å². The van der Waals surface area contributed by atoms with Gasteiger partial charge in [-0.2, -0.15) is 5.10 Å². The van der Waals surface area contributed by atoms with Gasteiger partial charge < -0.3 is 4.42 Å². The summed E-state index contributed by atoms with van der Waals surface area (Å²) in [4.78, 5) is 13.5. The van der Waals surface area contributed by atoms with Gasteiger partial charge in [0.05, 0.1) is 0 Å². The van der Waals surface area contributed by atoms with Crippen LogP contribution in [0.15, 0.2) is 45.8 Å². The summed E-state index contributed by atoms with van der Waals surface area (Å²) in [6, 6.07) is 9.47. The molecule has 0 spiro atoms. The second-order valence-electron chi connectivity index (χ2n) is 6.32. The zero-order valence-electron chi connectivity index (χ0n) is 15.1. The highest BCUT2D eigenvalue weighted by molar-refractivity contribution is 7.99. The Balaban J connectivity index is 1.75. The van der Waals surface area contributed by atoms with Crippen molar-refractivity contribution in [1.29, 1.82) is 0 Å². The SMILES string of the molecule is CC(C)Sc1cccc(C(=O)Nc2nnc(-c3ccnn3C(C)C)o2)c1. The Bertz CT molecular complexity index is 900. The first-order valence-corrected chi connectivity index (χ1v) is 9.27. The maximum absolute atomic E-state index is 12.5. The average Bonchev–Trinajstić information content (AvgIpc) is 3.23. The Morgan fingerprint density at radius 1 is 1.19 bits per heavy atom. The Morgan fingerprint density at radius 3 is 2.73 bits per heavy atom. The molecule has 0 aliphatic heterocycles. The van der Waals surface area contributed by atoms with Crippen LogP contribution in [-0.2, 0) is 0 Å². The van der Waals surface area contributed by atoms with Crippen molar-refractivity contribution in [3.8, 4) is 11.6 Å². The van der Waals surface area contributed by atoms with Crippen LogP contribution in [0, 0.1) is 0 Å². The van der Waals surface area contributed by atoms with E-state index >= 15 is 0 Å². The number of rotatable bonds is 6. The number of aromatic nitrogens is 4. The molecule has 3 aromatic rings. The molecule has 2 heterocycles. The fourth-order valence-electron chi connectivity index (χ4n) is 2.42. The van der Waals surface area contributed by atoms with Gasteiger partial charge in [0.15, 0.2) is 0 Å². The number of nitrogens with one attached hydrogen (secondary N) is 1. The first kappa shape index (κ1) is 18.2. The summed E-state index contributed by atoms with van der Waals surface area (Å²) < 4.78 is 7.37. The summed E-state index contributed by atoms with van der Waals surface area (Å²) in [6.07, 6.45) is 1.68. The second-order valence-corrected chi connectivity index (χ2v) is 7.97. The standard InChI is InChI=1S/C18H21N5O2S/c1-11(2)23-15(8-9-19-23)17-21-22-18(25-17)20-16(24)13-6-5-7-14(10-13)26-12(3)4/h5-12H,1-4H3,(H,20,22,24). The molecular weight excluding hydrogens is 350 g/mol. The molecule has 26 heavy (non-hydrogen) atoms. The second kappa shape index (κ2) is 7.74. The normalized spacial score (nSPS) is 11.3. The quantitative estimate of drug-likeness (QED) is 0.651. The fraction of sp³-hybridized carbons (Fsp3) is 0.333. The van der Waals surface area contributed by atoms with Crippen LogP contribution in [-0.4, -0.2) is 31.1 Å². The maximum Gasteiger partial charge on any atom is 0.322 e. The van der Waals surface area contributed by atoms with E-state index in [1.807, 2.05) is 32.0 Å². The first-order valence-electron chi connectivity index (χ1n) is 8.39. The maximum atomic E-state index is 12.5. The van der Waals surface area contributed by atoms with E-state index in [9.17, 15) is 4.79 Å². The van der Waals surface area contributed by atoms with Crippen LogP contribution in [0.3, 0.4) is 0 Å². The Kier molecular flexibility index (Phi) is 5.41.